The van der Waals surface area contributed by atoms with E-state index >= 15 is 0 Å². The molecular formula is C16H16Cl2N2O4S. The average Bonchev–Trinajstić information content (AvgIpc) is 2.62. The molecule has 6 nitrogen and oxygen atoms in total. The van der Waals surface area contributed by atoms with Crippen LogP contribution in [0.15, 0.2) is 29.3 Å². The van der Waals surface area contributed by atoms with Crippen LogP contribution in [0.2, 0.25) is 10.2 Å². The van der Waals surface area contributed by atoms with Gasteiger partial charge in [0.1, 0.15) is 10.0 Å². The third kappa shape index (κ3) is 3.42. The highest BCUT2D eigenvalue weighted by atomic mass is 35.5. The summed E-state index contributed by atoms with van der Waals surface area (Å²) in [7, 11) is -0.608. The summed E-state index contributed by atoms with van der Waals surface area (Å²) in [5.74, 6) is 1.20. The van der Waals surface area contributed by atoms with Crippen molar-refractivity contribution in [2.45, 2.75) is 17.9 Å². The second kappa shape index (κ2) is 6.99. The highest BCUT2D eigenvalue weighted by molar-refractivity contribution is 7.89. The van der Waals surface area contributed by atoms with Crippen molar-refractivity contribution in [3.05, 3.63) is 45.7 Å². The Bertz CT molecular complexity index is 919. The topological polar surface area (TPSA) is 68.7 Å². The fourth-order valence-corrected chi connectivity index (χ4v) is 4.48. The predicted molar refractivity (Wildman–Crippen MR) is 95.1 cm³/mol. The molecule has 1 aromatic heterocycles. The molecule has 0 amide bonds. The van der Waals surface area contributed by atoms with Crippen LogP contribution in [0, 0.1) is 0 Å². The molecule has 3 rings (SSSR count). The van der Waals surface area contributed by atoms with Crippen molar-refractivity contribution >= 4 is 33.2 Å². The summed E-state index contributed by atoms with van der Waals surface area (Å²) in [5, 5.41) is 0.174. The van der Waals surface area contributed by atoms with Gasteiger partial charge in [0.15, 0.2) is 11.5 Å². The van der Waals surface area contributed by atoms with E-state index < -0.39 is 10.0 Å². The molecule has 2 heterocycles. The summed E-state index contributed by atoms with van der Waals surface area (Å²) in [5.41, 5.74) is 1.91. The van der Waals surface area contributed by atoms with Crippen LogP contribution in [0.5, 0.6) is 11.5 Å². The Morgan fingerprint density at radius 3 is 2.32 bits per heavy atom. The number of pyridine rings is 1. The summed E-state index contributed by atoms with van der Waals surface area (Å²) in [6, 6.07) is 5.01. The number of rotatable bonds is 4. The molecule has 2 aromatic rings. The fourth-order valence-electron chi connectivity index (χ4n) is 2.76. The van der Waals surface area contributed by atoms with Gasteiger partial charge in [0, 0.05) is 19.3 Å². The van der Waals surface area contributed by atoms with Crippen molar-refractivity contribution in [2.75, 3.05) is 20.8 Å². The first-order valence-electron chi connectivity index (χ1n) is 7.41. The van der Waals surface area contributed by atoms with E-state index in [4.69, 9.17) is 32.7 Å². The van der Waals surface area contributed by atoms with Gasteiger partial charge in [-0.05, 0) is 35.7 Å². The maximum Gasteiger partial charge on any atom is 0.244 e. The van der Waals surface area contributed by atoms with Crippen molar-refractivity contribution in [2.24, 2.45) is 0 Å². The highest BCUT2D eigenvalue weighted by Gasteiger charge is 2.30. The number of fused-ring (bicyclic) bond motifs is 1. The van der Waals surface area contributed by atoms with Crippen molar-refractivity contribution in [3.63, 3.8) is 0 Å². The normalized spacial score (nSPS) is 14.9. The Labute approximate surface area is 156 Å². The molecule has 0 spiro atoms. The van der Waals surface area contributed by atoms with Crippen LogP contribution >= 0.6 is 23.2 Å². The summed E-state index contributed by atoms with van der Waals surface area (Å²) in [4.78, 5) is 3.84. The van der Waals surface area contributed by atoms with Crippen LogP contribution in [-0.4, -0.2) is 38.5 Å². The molecule has 0 aliphatic carbocycles. The van der Waals surface area contributed by atoms with E-state index in [2.05, 4.69) is 4.98 Å². The molecule has 0 saturated heterocycles. The standard InChI is InChI=1S/C16H16Cl2N2O4S/c1-23-14-5-10-3-4-20(9-11(10)6-15(14)24-2)25(21,22)12-7-13(17)16(18)19-8-12/h5-8H,3-4,9H2,1-2H3. The number of aromatic nitrogens is 1. The minimum absolute atomic E-state index is 0.0193. The lowest BCUT2D eigenvalue weighted by atomic mass is 10.0. The van der Waals surface area contributed by atoms with Crippen LogP contribution in [0.4, 0.5) is 0 Å². The second-order valence-corrected chi connectivity index (χ2v) is 8.21. The van der Waals surface area contributed by atoms with Gasteiger partial charge in [0.2, 0.25) is 10.0 Å². The number of hydrogen-bond donors (Lipinski definition) is 0. The van der Waals surface area contributed by atoms with Crippen molar-refractivity contribution < 1.29 is 17.9 Å². The number of ether oxygens (including phenoxy) is 2. The molecule has 0 radical (unpaired) electrons. The van der Waals surface area contributed by atoms with Crippen molar-refractivity contribution in [1.29, 1.82) is 0 Å². The van der Waals surface area contributed by atoms with Gasteiger partial charge >= 0.3 is 0 Å². The summed E-state index contributed by atoms with van der Waals surface area (Å²) < 4.78 is 37.7. The molecule has 0 unspecified atom stereocenters. The SMILES string of the molecule is COc1cc2c(cc1OC)CN(S(=O)(=O)c1cnc(Cl)c(Cl)c1)CC2. The maximum atomic E-state index is 12.9. The minimum atomic E-state index is -3.72. The van der Waals surface area contributed by atoms with Gasteiger partial charge in [0.25, 0.3) is 0 Å². The number of halogens is 2. The zero-order valence-corrected chi connectivity index (χ0v) is 16.0. The van der Waals surface area contributed by atoms with Crippen LogP contribution in [0.25, 0.3) is 0 Å². The molecule has 1 aliphatic rings. The molecule has 1 aliphatic heterocycles. The van der Waals surface area contributed by atoms with Crippen molar-refractivity contribution in [3.8, 4) is 11.5 Å². The lowest BCUT2D eigenvalue weighted by molar-refractivity contribution is 0.348. The van der Waals surface area contributed by atoms with E-state index in [1.165, 1.54) is 16.6 Å². The summed E-state index contributed by atoms with van der Waals surface area (Å²) in [6.45, 7) is 0.587. The number of hydrogen-bond acceptors (Lipinski definition) is 5. The Morgan fingerprint density at radius 1 is 1.08 bits per heavy atom. The maximum absolute atomic E-state index is 12.9. The summed E-state index contributed by atoms with van der Waals surface area (Å²) >= 11 is 11.7. The van der Waals surface area contributed by atoms with E-state index in [-0.39, 0.29) is 21.6 Å². The van der Waals surface area contributed by atoms with Gasteiger partial charge < -0.3 is 9.47 Å². The molecule has 9 heteroatoms. The Hall–Kier alpha value is -1.54. The average molecular weight is 403 g/mol. The van der Waals surface area contributed by atoms with E-state index in [0.29, 0.717) is 24.5 Å². The first-order valence-corrected chi connectivity index (χ1v) is 9.61. The van der Waals surface area contributed by atoms with Crippen LogP contribution in [0.3, 0.4) is 0 Å². The largest absolute Gasteiger partial charge is 0.493 e. The van der Waals surface area contributed by atoms with Gasteiger partial charge in [0.05, 0.1) is 19.2 Å². The molecule has 0 atom stereocenters. The zero-order valence-electron chi connectivity index (χ0n) is 13.6. The van der Waals surface area contributed by atoms with E-state index in [1.54, 1.807) is 14.2 Å². The zero-order chi connectivity index (χ0) is 18.2. The monoisotopic (exact) mass is 402 g/mol. The predicted octanol–water partition coefficient (Wildman–Crippen LogP) is 3.15. The smallest absolute Gasteiger partial charge is 0.244 e. The van der Waals surface area contributed by atoms with Crippen LogP contribution in [-0.2, 0) is 23.0 Å². The van der Waals surface area contributed by atoms with Gasteiger partial charge in [-0.1, -0.05) is 23.2 Å². The number of benzene rings is 1. The van der Waals surface area contributed by atoms with Gasteiger partial charge in [-0.2, -0.15) is 4.31 Å². The van der Waals surface area contributed by atoms with Crippen LogP contribution < -0.4 is 9.47 Å². The van der Waals surface area contributed by atoms with E-state index in [1.807, 2.05) is 12.1 Å². The van der Waals surface area contributed by atoms with Crippen molar-refractivity contribution in [1.82, 2.24) is 9.29 Å². The number of methoxy groups -OCH3 is 2. The Kier molecular flexibility index (Phi) is 5.11. The third-order valence-electron chi connectivity index (χ3n) is 4.09. The quantitative estimate of drug-likeness (QED) is 0.734. The fraction of sp³-hybridized carbons (Fsp3) is 0.312. The molecule has 0 N–H and O–H groups in total. The first kappa shape index (κ1) is 18.3. The molecular weight excluding hydrogens is 387 g/mol. The molecule has 134 valence electrons. The molecule has 0 bridgehead atoms. The van der Waals surface area contributed by atoms with E-state index in [0.717, 1.165) is 11.1 Å². The molecule has 0 saturated carbocycles. The lowest BCUT2D eigenvalue weighted by Gasteiger charge is -2.28. The van der Waals surface area contributed by atoms with Gasteiger partial charge in [-0.15, -0.1) is 0 Å². The minimum Gasteiger partial charge on any atom is -0.493 e. The van der Waals surface area contributed by atoms with Crippen LogP contribution in [0.1, 0.15) is 11.1 Å². The highest BCUT2D eigenvalue weighted by Crippen LogP contribution is 2.35. The lowest BCUT2D eigenvalue weighted by Crippen LogP contribution is -2.36. The molecule has 25 heavy (non-hydrogen) atoms. The van der Waals surface area contributed by atoms with E-state index in [9.17, 15) is 8.42 Å². The molecule has 0 fully saturated rings. The second-order valence-electron chi connectivity index (χ2n) is 5.51. The van der Waals surface area contributed by atoms with Gasteiger partial charge in [-0.25, -0.2) is 13.4 Å². The third-order valence-corrected chi connectivity index (χ3v) is 6.59. The first-order chi connectivity index (χ1) is 11.9. The Balaban J connectivity index is 1.95. The Morgan fingerprint density at radius 2 is 1.72 bits per heavy atom. The molecule has 1 aromatic carbocycles. The van der Waals surface area contributed by atoms with Gasteiger partial charge in [-0.3, -0.25) is 0 Å². The summed E-state index contributed by atoms with van der Waals surface area (Å²) in [6.07, 6.45) is 1.79. The number of sulfonamides is 1. The number of nitrogens with zero attached hydrogens (tertiary/aromatic N) is 2.